The first-order chi connectivity index (χ1) is 19.2. The SMILES string of the molecule is CCCCCCCCCC1CCC(COc2ccc(-c3ncc(OCCCCCCCC)cn3)c(C)c2)CC1. The Morgan fingerprint density at radius 1 is 0.667 bits per heavy atom. The third kappa shape index (κ3) is 12.3. The van der Waals surface area contributed by atoms with Crippen molar-refractivity contribution >= 4 is 0 Å². The quantitative estimate of drug-likeness (QED) is 0.158. The van der Waals surface area contributed by atoms with E-state index in [0.717, 1.165) is 54.0 Å². The minimum absolute atomic E-state index is 0.697. The van der Waals surface area contributed by atoms with Crippen molar-refractivity contribution in [3.63, 3.8) is 0 Å². The van der Waals surface area contributed by atoms with E-state index >= 15 is 0 Å². The summed E-state index contributed by atoms with van der Waals surface area (Å²) in [6, 6.07) is 6.30. The van der Waals surface area contributed by atoms with E-state index in [9.17, 15) is 0 Å². The third-order valence-electron chi connectivity index (χ3n) is 8.50. The smallest absolute Gasteiger partial charge is 0.159 e. The number of nitrogens with zero attached hydrogens (tertiary/aromatic N) is 2. The summed E-state index contributed by atoms with van der Waals surface area (Å²) >= 11 is 0. The molecule has 4 heteroatoms. The number of aromatic nitrogens is 2. The number of hydrogen-bond donors (Lipinski definition) is 0. The lowest BCUT2D eigenvalue weighted by atomic mass is 9.80. The molecule has 1 aromatic carbocycles. The predicted octanol–water partition coefficient (Wildman–Crippen LogP) is 10.5. The van der Waals surface area contributed by atoms with Crippen LogP contribution in [0, 0.1) is 18.8 Å². The lowest BCUT2D eigenvalue weighted by Gasteiger charge is -2.28. The van der Waals surface area contributed by atoms with Gasteiger partial charge in [-0.15, -0.1) is 0 Å². The summed E-state index contributed by atoms with van der Waals surface area (Å²) in [4.78, 5) is 9.14. The Morgan fingerprint density at radius 2 is 1.26 bits per heavy atom. The van der Waals surface area contributed by atoms with Crippen LogP contribution in [-0.4, -0.2) is 23.2 Å². The van der Waals surface area contributed by atoms with Gasteiger partial charge in [0, 0.05) is 5.56 Å². The lowest BCUT2D eigenvalue weighted by Crippen LogP contribution is -2.20. The molecule has 218 valence electrons. The maximum absolute atomic E-state index is 6.24. The van der Waals surface area contributed by atoms with E-state index in [1.54, 1.807) is 12.4 Å². The second-order valence-electron chi connectivity index (χ2n) is 11.9. The third-order valence-corrected chi connectivity index (χ3v) is 8.50. The van der Waals surface area contributed by atoms with Gasteiger partial charge in [0.05, 0.1) is 25.6 Å². The first kappa shape index (κ1) is 31.4. The standard InChI is InChI=1S/C35H56N2O2/c1-4-6-8-10-12-13-15-17-30-18-20-31(21-19-30)28-39-32-22-23-34(29(3)25-32)35-36-26-33(27-37-35)38-24-16-14-11-9-7-5-2/h22-23,25-27,30-31H,4-21,24,28H2,1-3H3. The molecule has 1 aliphatic carbocycles. The summed E-state index contributed by atoms with van der Waals surface area (Å²) in [6.07, 6.45) is 27.9. The maximum Gasteiger partial charge on any atom is 0.159 e. The molecule has 1 aromatic heterocycles. The fraction of sp³-hybridized carbons (Fsp3) is 0.714. The molecule has 0 aliphatic heterocycles. The zero-order valence-corrected chi connectivity index (χ0v) is 25.4. The van der Waals surface area contributed by atoms with E-state index in [2.05, 4.69) is 48.9 Å². The first-order valence-electron chi connectivity index (χ1n) is 16.4. The lowest BCUT2D eigenvalue weighted by molar-refractivity contribution is 0.177. The van der Waals surface area contributed by atoms with E-state index in [0.29, 0.717) is 5.92 Å². The molecule has 0 amide bonds. The van der Waals surface area contributed by atoms with Crippen molar-refractivity contribution < 1.29 is 9.47 Å². The molecule has 39 heavy (non-hydrogen) atoms. The van der Waals surface area contributed by atoms with E-state index in [1.165, 1.54) is 109 Å². The summed E-state index contributed by atoms with van der Waals surface area (Å²) < 4.78 is 12.1. The average Bonchev–Trinajstić information content (AvgIpc) is 2.96. The first-order valence-corrected chi connectivity index (χ1v) is 16.4. The molecule has 0 unspecified atom stereocenters. The molecule has 0 radical (unpaired) electrons. The Balaban J connectivity index is 1.32. The number of ether oxygens (including phenoxy) is 2. The second-order valence-corrected chi connectivity index (χ2v) is 11.9. The minimum atomic E-state index is 0.697. The molecule has 2 aromatic rings. The molecule has 0 atom stereocenters. The number of aryl methyl sites for hydroxylation is 1. The van der Waals surface area contributed by atoms with Crippen LogP contribution in [-0.2, 0) is 0 Å². The highest BCUT2D eigenvalue weighted by atomic mass is 16.5. The number of unbranched alkanes of at least 4 members (excludes halogenated alkanes) is 11. The predicted molar refractivity (Wildman–Crippen MR) is 165 cm³/mol. The van der Waals surface area contributed by atoms with Crippen LogP contribution in [0.15, 0.2) is 30.6 Å². The molecule has 1 heterocycles. The number of rotatable bonds is 20. The van der Waals surface area contributed by atoms with Crippen molar-refractivity contribution in [1.82, 2.24) is 9.97 Å². The van der Waals surface area contributed by atoms with Gasteiger partial charge in [-0.3, -0.25) is 0 Å². The van der Waals surface area contributed by atoms with Crippen molar-refractivity contribution in [2.24, 2.45) is 11.8 Å². The molecule has 1 saturated carbocycles. The summed E-state index contributed by atoms with van der Waals surface area (Å²) in [6.45, 7) is 8.23. The maximum atomic E-state index is 6.24. The van der Waals surface area contributed by atoms with Gasteiger partial charge >= 0.3 is 0 Å². The molecule has 1 aliphatic rings. The summed E-state index contributed by atoms with van der Waals surface area (Å²) in [5, 5.41) is 0. The van der Waals surface area contributed by atoms with E-state index in [1.807, 2.05) is 0 Å². The number of benzene rings is 1. The topological polar surface area (TPSA) is 44.2 Å². The van der Waals surface area contributed by atoms with Crippen molar-refractivity contribution in [3.05, 3.63) is 36.2 Å². The fourth-order valence-electron chi connectivity index (χ4n) is 5.87. The van der Waals surface area contributed by atoms with Gasteiger partial charge in [-0.25, -0.2) is 9.97 Å². The highest BCUT2D eigenvalue weighted by molar-refractivity contribution is 5.61. The van der Waals surface area contributed by atoms with Crippen LogP contribution in [0.4, 0.5) is 0 Å². The van der Waals surface area contributed by atoms with Crippen LogP contribution in [0.5, 0.6) is 11.5 Å². The molecule has 0 saturated heterocycles. The zero-order valence-electron chi connectivity index (χ0n) is 25.4. The summed E-state index contributed by atoms with van der Waals surface area (Å²) in [5.74, 6) is 4.10. The molecule has 0 bridgehead atoms. The van der Waals surface area contributed by atoms with Gasteiger partial charge in [-0.2, -0.15) is 0 Å². The van der Waals surface area contributed by atoms with Crippen molar-refractivity contribution in [1.29, 1.82) is 0 Å². The van der Waals surface area contributed by atoms with Crippen molar-refractivity contribution in [3.8, 4) is 22.9 Å². The van der Waals surface area contributed by atoms with Gasteiger partial charge in [0.2, 0.25) is 0 Å². The molecule has 1 fully saturated rings. The van der Waals surface area contributed by atoms with Crippen LogP contribution < -0.4 is 9.47 Å². The minimum Gasteiger partial charge on any atom is -0.493 e. The zero-order chi connectivity index (χ0) is 27.5. The van der Waals surface area contributed by atoms with E-state index < -0.39 is 0 Å². The van der Waals surface area contributed by atoms with Gasteiger partial charge in [0.1, 0.15) is 5.75 Å². The Hall–Kier alpha value is -2.10. The van der Waals surface area contributed by atoms with Gasteiger partial charge in [-0.1, -0.05) is 110 Å². The fourth-order valence-corrected chi connectivity index (χ4v) is 5.87. The van der Waals surface area contributed by atoms with Crippen molar-refractivity contribution in [2.75, 3.05) is 13.2 Å². The average molecular weight is 537 g/mol. The van der Waals surface area contributed by atoms with Crippen molar-refractivity contribution in [2.45, 2.75) is 136 Å². The van der Waals surface area contributed by atoms with Crippen LogP contribution >= 0.6 is 0 Å². The van der Waals surface area contributed by atoms with Crippen LogP contribution in [0.2, 0.25) is 0 Å². The highest BCUT2D eigenvalue weighted by Gasteiger charge is 2.21. The summed E-state index contributed by atoms with van der Waals surface area (Å²) in [5.41, 5.74) is 2.20. The molecule has 0 spiro atoms. The Bertz CT molecular complexity index is 890. The molecule has 4 nitrogen and oxygen atoms in total. The second kappa shape index (κ2) is 19.1. The van der Waals surface area contributed by atoms with Gasteiger partial charge in [-0.05, 0) is 61.8 Å². The summed E-state index contributed by atoms with van der Waals surface area (Å²) in [7, 11) is 0. The Morgan fingerprint density at radius 3 is 1.90 bits per heavy atom. The Kier molecular flexibility index (Phi) is 15.4. The number of hydrogen-bond acceptors (Lipinski definition) is 4. The highest BCUT2D eigenvalue weighted by Crippen LogP contribution is 2.33. The van der Waals surface area contributed by atoms with E-state index in [4.69, 9.17) is 9.47 Å². The van der Waals surface area contributed by atoms with Gasteiger partial charge < -0.3 is 9.47 Å². The molecule has 3 rings (SSSR count). The Labute approximate surface area is 239 Å². The molecule has 0 N–H and O–H groups in total. The van der Waals surface area contributed by atoms with Gasteiger partial charge in [0.15, 0.2) is 11.6 Å². The normalized spacial score (nSPS) is 17.3. The molecular formula is C35H56N2O2. The van der Waals surface area contributed by atoms with E-state index in [-0.39, 0.29) is 0 Å². The largest absolute Gasteiger partial charge is 0.493 e. The van der Waals surface area contributed by atoms with Crippen LogP contribution in [0.3, 0.4) is 0 Å². The monoisotopic (exact) mass is 536 g/mol. The molecular weight excluding hydrogens is 480 g/mol. The van der Waals surface area contributed by atoms with Gasteiger partial charge in [0.25, 0.3) is 0 Å². The van der Waals surface area contributed by atoms with Crippen LogP contribution in [0.25, 0.3) is 11.4 Å². The van der Waals surface area contributed by atoms with Crippen LogP contribution in [0.1, 0.15) is 135 Å².